The first kappa shape index (κ1) is 25.3. The Labute approximate surface area is 189 Å². The number of hydrogen-bond acceptors (Lipinski definition) is 8. The van der Waals surface area contributed by atoms with Crippen LogP contribution >= 0.6 is 24.8 Å². The molecule has 3 fully saturated rings. The number of morpholine rings is 1. The predicted molar refractivity (Wildman–Crippen MR) is 115 cm³/mol. The summed E-state index contributed by atoms with van der Waals surface area (Å²) in [6.07, 6.45) is 4.64. The van der Waals surface area contributed by atoms with E-state index in [0.29, 0.717) is 30.7 Å². The van der Waals surface area contributed by atoms with Gasteiger partial charge >= 0.3 is 0 Å². The van der Waals surface area contributed by atoms with E-state index in [1.807, 2.05) is 0 Å². The fraction of sp³-hybridized carbons (Fsp3) is 0.842. The normalized spacial score (nSPS) is 29.2. The third kappa shape index (κ3) is 5.44. The lowest BCUT2D eigenvalue weighted by Crippen LogP contribution is -2.60. The van der Waals surface area contributed by atoms with Crippen molar-refractivity contribution in [2.45, 2.75) is 44.8 Å². The summed E-state index contributed by atoms with van der Waals surface area (Å²) in [5.74, 6) is 1.28. The maximum atomic E-state index is 13.2. The SMILES string of the molecule is Cl.Cl.O=C(NCCc1noc(CO)n1)[C@@]12CC[C@@H](N3CCOCC3)C[C@H]1CCNC2. The van der Waals surface area contributed by atoms with E-state index in [4.69, 9.17) is 14.4 Å². The van der Waals surface area contributed by atoms with Crippen molar-refractivity contribution < 1.29 is 19.2 Å². The molecule has 1 aromatic rings. The van der Waals surface area contributed by atoms with Crippen LogP contribution in [0.4, 0.5) is 0 Å². The molecule has 1 saturated carbocycles. The number of nitrogens with zero attached hydrogens (tertiary/aromatic N) is 3. The van der Waals surface area contributed by atoms with Crippen LogP contribution in [0, 0.1) is 11.3 Å². The number of carbonyl (C=O) groups excluding carboxylic acids is 1. The molecule has 3 atom stereocenters. The van der Waals surface area contributed by atoms with Gasteiger partial charge in [-0.2, -0.15) is 4.98 Å². The lowest BCUT2D eigenvalue weighted by Gasteiger charge is -2.50. The summed E-state index contributed by atoms with van der Waals surface area (Å²) < 4.78 is 10.4. The predicted octanol–water partition coefficient (Wildman–Crippen LogP) is 0.545. The summed E-state index contributed by atoms with van der Waals surface area (Å²) in [5.41, 5.74) is -0.311. The zero-order valence-electron chi connectivity index (χ0n) is 17.2. The van der Waals surface area contributed by atoms with Crippen molar-refractivity contribution in [2.24, 2.45) is 11.3 Å². The number of hydrogen-bond donors (Lipinski definition) is 3. The van der Waals surface area contributed by atoms with Gasteiger partial charge in [0.25, 0.3) is 5.89 Å². The first-order valence-corrected chi connectivity index (χ1v) is 10.4. The average molecular weight is 466 g/mol. The van der Waals surface area contributed by atoms with Gasteiger partial charge in [0, 0.05) is 38.6 Å². The van der Waals surface area contributed by atoms with Crippen molar-refractivity contribution in [1.29, 1.82) is 0 Å². The third-order valence-corrected chi connectivity index (χ3v) is 6.67. The highest BCUT2D eigenvalue weighted by Crippen LogP contribution is 2.46. The van der Waals surface area contributed by atoms with E-state index in [-0.39, 0.29) is 48.6 Å². The van der Waals surface area contributed by atoms with Crippen LogP contribution in [0.25, 0.3) is 0 Å². The zero-order chi connectivity index (χ0) is 19.4. The highest BCUT2D eigenvalue weighted by atomic mass is 35.5. The summed E-state index contributed by atoms with van der Waals surface area (Å²) >= 11 is 0. The van der Waals surface area contributed by atoms with Crippen LogP contribution in [0.2, 0.25) is 0 Å². The van der Waals surface area contributed by atoms with Crippen molar-refractivity contribution >= 4 is 30.7 Å². The number of ether oxygens (including phenoxy) is 1. The number of piperidine rings is 1. The molecule has 1 aromatic heterocycles. The van der Waals surface area contributed by atoms with Crippen molar-refractivity contribution in [2.75, 3.05) is 45.9 Å². The number of fused-ring (bicyclic) bond motifs is 1. The highest BCUT2D eigenvalue weighted by molar-refractivity contribution is 5.85. The van der Waals surface area contributed by atoms with Crippen LogP contribution in [0.1, 0.15) is 37.4 Å². The van der Waals surface area contributed by atoms with Crippen LogP contribution in [-0.2, 0) is 22.6 Å². The van der Waals surface area contributed by atoms with Crippen molar-refractivity contribution in [1.82, 2.24) is 25.7 Å². The summed E-state index contributed by atoms with van der Waals surface area (Å²) in [6.45, 7) is 5.62. The van der Waals surface area contributed by atoms with E-state index in [0.717, 1.165) is 65.1 Å². The van der Waals surface area contributed by atoms with Crippen LogP contribution in [0.5, 0.6) is 0 Å². The van der Waals surface area contributed by atoms with Crippen LogP contribution in [-0.4, -0.2) is 78.0 Å². The molecule has 2 aliphatic heterocycles. The van der Waals surface area contributed by atoms with Gasteiger partial charge in [-0.15, -0.1) is 24.8 Å². The van der Waals surface area contributed by atoms with Crippen LogP contribution in [0.3, 0.4) is 0 Å². The second-order valence-electron chi connectivity index (χ2n) is 8.16. The summed E-state index contributed by atoms with van der Waals surface area (Å²) in [4.78, 5) is 19.8. The van der Waals surface area contributed by atoms with E-state index in [1.54, 1.807) is 0 Å². The van der Waals surface area contributed by atoms with Crippen molar-refractivity contribution in [3.05, 3.63) is 11.7 Å². The van der Waals surface area contributed by atoms with E-state index in [9.17, 15) is 4.79 Å². The Bertz CT molecular complexity index is 673. The van der Waals surface area contributed by atoms with Gasteiger partial charge in [0.15, 0.2) is 5.82 Å². The largest absolute Gasteiger partial charge is 0.387 e. The van der Waals surface area contributed by atoms with E-state index in [2.05, 4.69) is 25.7 Å². The van der Waals surface area contributed by atoms with E-state index in [1.165, 1.54) is 0 Å². The first-order valence-electron chi connectivity index (χ1n) is 10.4. The Morgan fingerprint density at radius 3 is 2.83 bits per heavy atom. The quantitative estimate of drug-likeness (QED) is 0.557. The molecule has 0 aromatic carbocycles. The molecule has 172 valence electrons. The lowest BCUT2D eigenvalue weighted by molar-refractivity contribution is -0.140. The lowest BCUT2D eigenvalue weighted by atomic mass is 9.61. The summed E-state index contributed by atoms with van der Waals surface area (Å²) in [6, 6.07) is 0.573. The number of amides is 1. The van der Waals surface area contributed by atoms with Gasteiger partial charge in [-0.25, -0.2) is 0 Å². The highest BCUT2D eigenvalue weighted by Gasteiger charge is 2.50. The third-order valence-electron chi connectivity index (χ3n) is 6.67. The Hall–Kier alpha value is -0.970. The maximum Gasteiger partial charge on any atom is 0.252 e. The Morgan fingerprint density at radius 1 is 1.30 bits per heavy atom. The molecule has 2 saturated heterocycles. The number of aromatic nitrogens is 2. The zero-order valence-corrected chi connectivity index (χ0v) is 18.8. The Kier molecular flexibility index (Phi) is 9.77. The molecule has 11 heteroatoms. The van der Waals surface area contributed by atoms with Crippen LogP contribution in [0.15, 0.2) is 4.52 Å². The number of aliphatic hydroxyl groups excluding tert-OH is 1. The molecule has 9 nitrogen and oxygen atoms in total. The molecule has 1 aliphatic carbocycles. The smallest absolute Gasteiger partial charge is 0.252 e. The minimum absolute atomic E-state index is 0. The van der Waals surface area contributed by atoms with Gasteiger partial charge in [0.2, 0.25) is 5.91 Å². The molecule has 0 bridgehead atoms. The average Bonchev–Trinajstić information content (AvgIpc) is 3.22. The van der Waals surface area contributed by atoms with Gasteiger partial charge in [-0.1, -0.05) is 5.16 Å². The number of nitrogens with one attached hydrogen (secondary N) is 2. The standard InChI is InChI=1S/C19H31N5O4.2ClH/c25-12-17-22-16(23-28-17)3-6-21-18(26)19-4-1-15(24-7-9-27-10-8-24)11-14(19)2-5-20-13-19;;/h14-15,20,25H,1-13H2,(H,21,26);2*1H/t14-,15-,19-;;/m1../s1. The Morgan fingerprint density at radius 2 is 2.10 bits per heavy atom. The molecule has 1 amide bonds. The fourth-order valence-electron chi connectivity index (χ4n) is 5.09. The number of rotatable bonds is 6. The summed E-state index contributed by atoms with van der Waals surface area (Å²) in [5, 5.41) is 19.4. The monoisotopic (exact) mass is 465 g/mol. The number of carbonyl (C=O) groups is 1. The van der Waals surface area contributed by atoms with Gasteiger partial charge in [-0.3, -0.25) is 9.69 Å². The molecular weight excluding hydrogens is 433 g/mol. The second kappa shape index (κ2) is 11.6. The molecule has 0 spiro atoms. The molecule has 3 aliphatic rings. The van der Waals surface area contributed by atoms with Gasteiger partial charge in [0.1, 0.15) is 6.61 Å². The van der Waals surface area contributed by atoms with Gasteiger partial charge in [-0.05, 0) is 38.1 Å². The molecule has 0 unspecified atom stereocenters. The fourth-order valence-corrected chi connectivity index (χ4v) is 5.09. The second-order valence-corrected chi connectivity index (χ2v) is 8.16. The molecule has 3 heterocycles. The Balaban J connectivity index is 0.00000160. The van der Waals surface area contributed by atoms with Gasteiger partial charge < -0.3 is 25.0 Å². The molecular formula is C19H33Cl2N5O4. The number of aliphatic hydroxyl groups is 1. The minimum atomic E-state index is -0.311. The van der Waals surface area contributed by atoms with E-state index >= 15 is 0 Å². The molecule has 3 N–H and O–H groups in total. The molecule has 0 radical (unpaired) electrons. The molecule has 30 heavy (non-hydrogen) atoms. The summed E-state index contributed by atoms with van der Waals surface area (Å²) in [7, 11) is 0. The maximum absolute atomic E-state index is 13.2. The van der Waals surface area contributed by atoms with Crippen molar-refractivity contribution in [3.8, 4) is 0 Å². The van der Waals surface area contributed by atoms with Crippen LogP contribution < -0.4 is 10.6 Å². The number of halogens is 2. The van der Waals surface area contributed by atoms with Gasteiger partial charge in [0.05, 0.1) is 18.6 Å². The molecule has 4 rings (SSSR count). The van der Waals surface area contributed by atoms with Crippen molar-refractivity contribution in [3.63, 3.8) is 0 Å². The topological polar surface area (TPSA) is 113 Å². The van der Waals surface area contributed by atoms with E-state index < -0.39 is 0 Å². The first-order chi connectivity index (χ1) is 13.7. The minimum Gasteiger partial charge on any atom is -0.387 e.